The number of hydrogen-bond donors (Lipinski definition) is 1. The molecule has 0 aromatic heterocycles. The predicted molar refractivity (Wildman–Crippen MR) is 76.3 cm³/mol. The van der Waals surface area contributed by atoms with Crippen LogP contribution in [0.15, 0.2) is 22.7 Å². The van der Waals surface area contributed by atoms with Gasteiger partial charge in [-0.2, -0.15) is 0 Å². The van der Waals surface area contributed by atoms with Gasteiger partial charge in [-0.3, -0.25) is 0 Å². The highest BCUT2D eigenvalue weighted by Crippen LogP contribution is 2.29. The fraction of sp³-hybridized carbons (Fsp3) is 0.571. The smallest absolute Gasteiger partial charge is 0.119 e. The van der Waals surface area contributed by atoms with E-state index in [4.69, 9.17) is 10.5 Å². The maximum absolute atomic E-state index is 6.15. The van der Waals surface area contributed by atoms with Crippen LogP contribution in [0, 0.1) is 5.92 Å². The van der Waals surface area contributed by atoms with Crippen LogP contribution >= 0.6 is 15.9 Å². The molecule has 0 radical (unpaired) electrons. The zero-order chi connectivity index (χ0) is 12.8. The Labute approximate surface area is 113 Å². The van der Waals surface area contributed by atoms with E-state index in [1.54, 1.807) is 0 Å². The molecular formula is C14H22BrNO. The first-order valence-electron chi connectivity index (χ1n) is 6.22. The van der Waals surface area contributed by atoms with Crippen molar-refractivity contribution < 1.29 is 4.74 Å². The van der Waals surface area contributed by atoms with E-state index in [1.807, 2.05) is 18.2 Å². The van der Waals surface area contributed by atoms with E-state index >= 15 is 0 Å². The Kier molecular flexibility index (Phi) is 6.00. The van der Waals surface area contributed by atoms with Crippen LogP contribution in [0.1, 0.15) is 45.2 Å². The first kappa shape index (κ1) is 14.5. The summed E-state index contributed by atoms with van der Waals surface area (Å²) in [5, 5.41) is 0. The zero-order valence-corrected chi connectivity index (χ0v) is 12.5. The molecule has 1 aromatic carbocycles. The lowest BCUT2D eigenvalue weighted by atomic mass is 10.0. The van der Waals surface area contributed by atoms with Gasteiger partial charge in [-0.15, -0.1) is 0 Å². The molecule has 0 heterocycles. The fourth-order valence-electron chi connectivity index (χ4n) is 1.63. The molecule has 3 heteroatoms. The number of ether oxygens (including phenoxy) is 1. The minimum absolute atomic E-state index is 0.0805. The van der Waals surface area contributed by atoms with Crippen molar-refractivity contribution >= 4 is 15.9 Å². The SMILES string of the molecule is CCCC(N)c1cc(OCC(C)C)ccc1Br. The summed E-state index contributed by atoms with van der Waals surface area (Å²) in [5.41, 5.74) is 7.28. The summed E-state index contributed by atoms with van der Waals surface area (Å²) in [7, 11) is 0. The van der Waals surface area contributed by atoms with Gasteiger partial charge in [-0.25, -0.2) is 0 Å². The van der Waals surface area contributed by atoms with Crippen LogP contribution in [0.25, 0.3) is 0 Å². The van der Waals surface area contributed by atoms with E-state index in [1.165, 1.54) is 0 Å². The lowest BCUT2D eigenvalue weighted by Crippen LogP contribution is -2.11. The molecule has 0 aliphatic rings. The third kappa shape index (κ3) is 4.68. The van der Waals surface area contributed by atoms with Crippen LogP contribution in [-0.4, -0.2) is 6.61 Å². The molecule has 1 unspecified atom stereocenters. The van der Waals surface area contributed by atoms with Gasteiger partial charge in [-0.05, 0) is 36.1 Å². The minimum atomic E-state index is 0.0805. The molecule has 1 aromatic rings. The van der Waals surface area contributed by atoms with E-state index in [9.17, 15) is 0 Å². The first-order valence-corrected chi connectivity index (χ1v) is 7.01. The average Bonchev–Trinajstić information content (AvgIpc) is 2.28. The molecule has 0 saturated heterocycles. The summed E-state index contributed by atoms with van der Waals surface area (Å²) in [5.74, 6) is 1.44. The Bertz CT molecular complexity index is 352. The molecule has 0 spiro atoms. The molecule has 2 nitrogen and oxygen atoms in total. The highest BCUT2D eigenvalue weighted by Gasteiger charge is 2.10. The largest absolute Gasteiger partial charge is 0.493 e. The second-order valence-electron chi connectivity index (χ2n) is 4.78. The number of nitrogens with two attached hydrogens (primary N) is 1. The van der Waals surface area contributed by atoms with Crippen molar-refractivity contribution in [1.29, 1.82) is 0 Å². The normalized spacial score (nSPS) is 12.8. The minimum Gasteiger partial charge on any atom is -0.493 e. The third-order valence-corrected chi connectivity index (χ3v) is 3.27. The summed E-state index contributed by atoms with van der Waals surface area (Å²) in [4.78, 5) is 0. The molecule has 0 amide bonds. The molecule has 0 aliphatic heterocycles. The second-order valence-corrected chi connectivity index (χ2v) is 5.64. The van der Waals surface area contributed by atoms with Crippen LogP contribution in [0.4, 0.5) is 0 Å². The topological polar surface area (TPSA) is 35.2 Å². The van der Waals surface area contributed by atoms with Gasteiger partial charge in [-0.1, -0.05) is 43.1 Å². The number of hydrogen-bond acceptors (Lipinski definition) is 2. The highest BCUT2D eigenvalue weighted by atomic mass is 79.9. The van der Waals surface area contributed by atoms with Crippen LogP contribution < -0.4 is 10.5 Å². The van der Waals surface area contributed by atoms with Crippen molar-refractivity contribution in [1.82, 2.24) is 0 Å². The summed E-state index contributed by atoms with van der Waals surface area (Å²) >= 11 is 3.55. The molecule has 0 fully saturated rings. The standard InChI is InChI=1S/C14H22BrNO/c1-4-5-14(16)12-8-11(6-7-13(12)15)17-9-10(2)3/h6-8,10,14H,4-5,9,16H2,1-3H3. The number of rotatable bonds is 6. The monoisotopic (exact) mass is 299 g/mol. The van der Waals surface area contributed by atoms with Gasteiger partial charge < -0.3 is 10.5 Å². The quantitative estimate of drug-likeness (QED) is 0.851. The molecule has 1 rings (SSSR count). The summed E-state index contributed by atoms with van der Waals surface area (Å²) in [6.07, 6.45) is 2.08. The Balaban J connectivity index is 2.78. The Hall–Kier alpha value is -0.540. The lowest BCUT2D eigenvalue weighted by molar-refractivity contribution is 0.270. The highest BCUT2D eigenvalue weighted by molar-refractivity contribution is 9.10. The summed E-state index contributed by atoms with van der Waals surface area (Å²) < 4.78 is 6.78. The average molecular weight is 300 g/mol. The van der Waals surface area contributed by atoms with Gasteiger partial charge in [0.15, 0.2) is 0 Å². The van der Waals surface area contributed by atoms with E-state index < -0.39 is 0 Å². The number of halogens is 1. The fourth-order valence-corrected chi connectivity index (χ4v) is 2.17. The maximum atomic E-state index is 6.15. The van der Waals surface area contributed by atoms with E-state index in [0.717, 1.165) is 35.2 Å². The molecule has 96 valence electrons. The van der Waals surface area contributed by atoms with E-state index in [0.29, 0.717) is 5.92 Å². The molecule has 2 N–H and O–H groups in total. The molecule has 0 aliphatic carbocycles. The number of benzene rings is 1. The van der Waals surface area contributed by atoms with Gasteiger partial charge >= 0.3 is 0 Å². The van der Waals surface area contributed by atoms with Gasteiger partial charge in [0.1, 0.15) is 5.75 Å². The van der Waals surface area contributed by atoms with Gasteiger partial charge in [0.05, 0.1) is 6.61 Å². The maximum Gasteiger partial charge on any atom is 0.119 e. The zero-order valence-electron chi connectivity index (χ0n) is 10.9. The summed E-state index contributed by atoms with van der Waals surface area (Å²) in [6, 6.07) is 6.12. The molecule has 1 atom stereocenters. The Morgan fingerprint density at radius 2 is 2.06 bits per heavy atom. The van der Waals surface area contributed by atoms with Crippen molar-refractivity contribution in [2.75, 3.05) is 6.61 Å². The van der Waals surface area contributed by atoms with Gasteiger partial charge in [0, 0.05) is 10.5 Å². The molecule has 0 bridgehead atoms. The van der Waals surface area contributed by atoms with Crippen molar-refractivity contribution in [3.63, 3.8) is 0 Å². The van der Waals surface area contributed by atoms with Crippen LogP contribution in [0.2, 0.25) is 0 Å². The van der Waals surface area contributed by atoms with Gasteiger partial charge in [0.2, 0.25) is 0 Å². The van der Waals surface area contributed by atoms with Crippen LogP contribution in [0.5, 0.6) is 5.75 Å². The van der Waals surface area contributed by atoms with E-state index in [2.05, 4.69) is 36.7 Å². The Morgan fingerprint density at radius 3 is 2.65 bits per heavy atom. The molecular weight excluding hydrogens is 278 g/mol. The molecule has 0 saturated carbocycles. The van der Waals surface area contributed by atoms with Crippen molar-refractivity contribution in [3.05, 3.63) is 28.2 Å². The van der Waals surface area contributed by atoms with Crippen molar-refractivity contribution in [2.45, 2.75) is 39.7 Å². The van der Waals surface area contributed by atoms with Gasteiger partial charge in [0.25, 0.3) is 0 Å². The Morgan fingerprint density at radius 1 is 1.35 bits per heavy atom. The third-order valence-electron chi connectivity index (χ3n) is 2.55. The summed E-state index contributed by atoms with van der Waals surface area (Å²) in [6.45, 7) is 7.17. The first-order chi connectivity index (χ1) is 8.04. The lowest BCUT2D eigenvalue weighted by Gasteiger charge is -2.15. The van der Waals surface area contributed by atoms with Crippen molar-refractivity contribution in [3.8, 4) is 5.75 Å². The second kappa shape index (κ2) is 7.02. The van der Waals surface area contributed by atoms with Crippen LogP contribution in [0.3, 0.4) is 0 Å². The van der Waals surface area contributed by atoms with Crippen molar-refractivity contribution in [2.24, 2.45) is 11.7 Å². The molecule has 17 heavy (non-hydrogen) atoms. The van der Waals surface area contributed by atoms with Crippen LogP contribution in [-0.2, 0) is 0 Å². The van der Waals surface area contributed by atoms with E-state index in [-0.39, 0.29) is 6.04 Å². The predicted octanol–water partition coefficient (Wildman–Crippen LogP) is 4.28.